The largest absolute Gasteiger partial charge is 0.341 e. The molecular formula is C22H29N5O. The van der Waals surface area contributed by atoms with Gasteiger partial charge in [-0.3, -0.25) is 4.79 Å². The summed E-state index contributed by atoms with van der Waals surface area (Å²) in [6.07, 6.45) is 9.82. The summed E-state index contributed by atoms with van der Waals surface area (Å²) in [5, 5.41) is 3.14. The van der Waals surface area contributed by atoms with E-state index < -0.39 is 0 Å². The van der Waals surface area contributed by atoms with Gasteiger partial charge in [-0.1, -0.05) is 6.42 Å². The van der Waals surface area contributed by atoms with Crippen LogP contribution in [0.2, 0.25) is 0 Å². The first-order chi connectivity index (χ1) is 13.7. The Kier molecular flexibility index (Phi) is 5.86. The van der Waals surface area contributed by atoms with Crippen molar-refractivity contribution in [1.29, 1.82) is 0 Å². The van der Waals surface area contributed by atoms with E-state index in [9.17, 15) is 4.79 Å². The van der Waals surface area contributed by atoms with Crippen LogP contribution in [0.25, 0.3) is 0 Å². The Hall–Kier alpha value is -2.47. The van der Waals surface area contributed by atoms with Crippen molar-refractivity contribution in [3.05, 3.63) is 48.3 Å². The Balaban J connectivity index is 1.36. The molecule has 0 spiro atoms. The van der Waals surface area contributed by atoms with Crippen molar-refractivity contribution in [3.8, 4) is 0 Å². The zero-order chi connectivity index (χ0) is 19.3. The number of fused-ring (bicyclic) bond motifs is 1. The molecule has 2 aliphatic heterocycles. The van der Waals surface area contributed by atoms with Gasteiger partial charge in [0.2, 0.25) is 5.95 Å². The molecule has 2 aliphatic rings. The number of carbonyl (C=O) groups is 1. The molecule has 0 saturated carbocycles. The number of rotatable bonds is 5. The molecule has 1 aromatic carbocycles. The number of carbonyl (C=O) groups excluding carboxylic acids is 1. The number of benzene rings is 1. The Morgan fingerprint density at radius 1 is 1.11 bits per heavy atom. The second kappa shape index (κ2) is 8.69. The van der Waals surface area contributed by atoms with E-state index in [2.05, 4.69) is 20.2 Å². The molecule has 1 N–H and O–H groups in total. The number of piperidine rings is 2. The average Bonchev–Trinajstić information content (AvgIpc) is 2.75. The van der Waals surface area contributed by atoms with Crippen molar-refractivity contribution in [2.75, 3.05) is 32.0 Å². The smallest absolute Gasteiger partial charge is 0.253 e. The van der Waals surface area contributed by atoms with E-state index >= 15 is 0 Å². The van der Waals surface area contributed by atoms with Gasteiger partial charge in [-0.05, 0) is 75.0 Å². The Morgan fingerprint density at radius 3 is 2.64 bits per heavy atom. The number of anilines is 2. The minimum Gasteiger partial charge on any atom is -0.341 e. The zero-order valence-corrected chi connectivity index (χ0v) is 16.6. The molecule has 0 radical (unpaired) electrons. The van der Waals surface area contributed by atoms with Crippen LogP contribution in [0.4, 0.5) is 11.6 Å². The van der Waals surface area contributed by atoms with Gasteiger partial charge in [-0.15, -0.1) is 0 Å². The normalized spacial score (nSPS) is 22.3. The summed E-state index contributed by atoms with van der Waals surface area (Å²) >= 11 is 0. The highest BCUT2D eigenvalue weighted by Gasteiger charge is 2.34. The second-order valence-corrected chi connectivity index (χ2v) is 7.96. The number of nitrogens with one attached hydrogen (secondary N) is 1. The number of hydrogen-bond acceptors (Lipinski definition) is 5. The maximum Gasteiger partial charge on any atom is 0.253 e. The molecule has 148 valence electrons. The van der Waals surface area contributed by atoms with Crippen LogP contribution < -0.4 is 5.32 Å². The second-order valence-electron chi connectivity index (χ2n) is 7.96. The maximum atomic E-state index is 12.9. The van der Waals surface area contributed by atoms with Crippen molar-refractivity contribution in [2.45, 2.75) is 38.1 Å². The fraction of sp³-hybridized carbons (Fsp3) is 0.500. The van der Waals surface area contributed by atoms with Crippen molar-refractivity contribution >= 4 is 17.5 Å². The first kappa shape index (κ1) is 18.9. The quantitative estimate of drug-likeness (QED) is 0.861. The molecular weight excluding hydrogens is 350 g/mol. The average molecular weight is 380 g/mol. The summed E-state index contributed by atoms with van der Waals surface area (Å²) in [7, 11) is 1.94. The highest BCUT2D eigenvalue weighted by atomic mass is 16.2. The summed E-state index contributed by atoms with van der Waals surface area (Å²) < 4.78 is 0. The Labute approximate surface area is 167 Å². The van der Waals surface area contributed by atoms with Crippen molar-refractivity contribution in [3.63, 3.8) is 0 Å². The molecule has 2 fully saturated rings. The number of aromatic nitrogens is 2. The van der Waals surface area contributed by atoms with Gasteiger partial charge in [0.1, 0.15) is 0 Å². The summed E-state index contributed by atoms with van der Waals surface area (Å²) in [5.41, 5.74) is 1.59. The van der Waals surface area contributed by atoms with E-state index in [0.717, 1.165) is 17.8 Å². The van der Waals surface area contributed by atoms with E-state index in [1.165, 1.54) is 45.2 Å². The van der Waals surface area contributed by atoms with Gasteiger partial charge < -0.3 is 15.1 Å². The van der Waals surface area contributed by atoms with E-state index in [1.54, 1.807) is 18.5 Å². The highest BCUT2D eigenvalue weighted by Crippen LogP contribution is 2.31. The van der Waals surface area contributed by atoms with Gasteiger partial charge in [0.05, 0.1) is 0 Å². The molecule has 0 aliphatic carbocycles. The van der Waals surface area contributed by atoms with E-state index in [0.29, 0.717) is 17.9 Å². The summed E-state index contributed by atoms with van der Waals surface area (Å²) in [6.45, 7) is 3.31. The summed E-state index contributed by atoms with van der Waals surface area (Å²) in [6, 6.07) is 9.99. The first-order valence-electron chi connectivity index (χ1n) is 10.3. The summed E-state index contributed by atoms with van der Waals surface area (Å²) in [4.78, 5) is 25.8. The van der Waals surface area contributed by atoms with Crippen LogP contribution in [-0.4, -0.2) is 58.4 Å². The maximum absolute atomic E-state index is 12.9. The molecule has 0 bridgehead atoms. The molecule has 1 aromatic heterocycles. The minimum atomic E-state index is 0.0930. The van der Waals surface area contributed by atoms with Crippen LogP contribution in [0.3, 0.4) is 0 Å². The van der Waals surface area contributed by atoms with Crippen LogP contribution in [0.1, 0.15) is 42.5 Å². The zero-order valence-electron chi connectivity index (χ0n) is 16.6. The third kappa shape index (κ3) is 4.33. The molecule has 2 unspecified atom stereocenters. The lowest BCUT2D eigenvalue weighted by atomic mass is 9.83. The molecule has 1 amide bonds. The van der Waals surface area contributed by atoms with Crippen LogP contribution in [0.15, 0.2) is 42.7 Å². The molecule has 2 aromatic rings. The highest BCUT2D eigenvalue weighted by molar-refractivity contribution is 5.94. The first-order valence-corrected chi connectivity index (χ1v) is 10.3. The molecule has 6 heteroatoms. The third-order valence-electron chi connectivity index (χ3n) is 6.04. The van der Waals surface area contributed by atoms with Crippen molar-refractivity contribution in [2.24, 2.45) is 5.92 Å². The number of nitrogens with zero attached hydrogens (tertiary/aromatic N) is 4. The molecule has 4 rings (SSSR count). The van der Waals surface area contributed by atoms with Gasteiger partial charge in [0.15, 0.2) is 0 Å². The molecule has 2 atom stereocenters. The van der Waals surface area contributed by atoms with Crippen molar-refractivity contribution in [1.82, 2.24) is 19.8 Å². The van der Waals surface area contributed by atoms with Crippen molar-refractivity contribution < 1.29 is 4.79 Å². The lowest BCUT2D eigenvalue weighted by Gasteiger charge is -2.45. The minimum absolute atomic E-state index is 0.0930. The predicted molar refractivity (Wildman–Crippen MR) is 111 cm³/mol. The van der Waals surface area contributed by atoms with Gasteiger partial charge in [-0.25, -0.2) is 9.97 Å². The van der Waals surface area contributed by atoms with Crippen LogP contribution >= 0.6 is 0 Å². The monoisotopic (exact) mass is 379 g/mol. The van der Waals surface area contributed by atoms with E-state index in [1.807, 2.05) is 36.2 Å². The Bertz CT molecular complexity index is 777. The van der Waals surface area contributed by atoms with E-state index in [-0.39, 0.29) is 5.91 Å². The predicted octanol–water partition coefficient (Wildman–Crippen LogP) is 3.56. The van der Waals surface area contributed by atoms with Crippen LogP contribution in [-0.2, 0) is 0 Å². The van der Waals surface area contributed by atoms with Gasteiger partial charge in [0, 0.05) is 43.3 Å². The third-order valence-corrected chi connectivity index (χ3v) is 6.04. The van der Waals surface area contributed by atoms with E-state index in [4.69, 9.17) is 0 Å². The molecule has 6 nitrogen and oxygen atoms in total. The molecule has 28 heavy (non-hydrogen) atoms. The van der Waals surface area contributed by atoms with Crippen LogP contribution in [0, 0.1) is 5.92 Å². The SMILES string of the molecule is CN(CC1CCCN2CCCCC12)C(=O)c1ccc(Nc2ncccn2)cc1. The standard InChI is InChI=1S/C22H29N5O/c1-26(16-18-6-4-15-27-14-3-2-7-20(18)27)21(28)17-8-10-19(11-9-17)25-22-23-12-5-13-24-22/h5,8-13,18,20H,2-4,6-7,14-16H2,1H3,(H,23,24,25). The van der Waals surface area contributed by atoms with Gasteiger partial charge >= 0.3 is 0 Å². The topological polar surface area (TPSA) is 61.4 Å². The molecule has 2 saturated heterocycles. The summed E-state index contributed by atoms with van der Waals surface area (Å²) in [5.74, 6) is 1.24. The fourth-order valence-corrected chi connectivity index (χ4v) is 4.63. The fourth-order valence-electron chi connectivity index (χ4n) is 4.63. The Morgan fingerprint density at radius 2 is 1.86 bits per heavy atom. The van der Waals surface area contributed by atoms with Gasteiger partial charge in [-0.2, -0.15) is 0 Å². The van der Waals surface area contributed by atoms with Crippen LogP contribution in [0.5, 0.6) is 0 Å². The number of hydrogen-bond donors (Lipinski definition) is 1. The lowest BCUT2D eigenvalue weighted by Crippen LogP contribution is -2.51. The lowest BCUT2D eigenvalue weighted by molar-refractivity contribution is 0.0403. The molecule has 3 heterocycles. The van der Waals surface area contributed by atoms with Gasteiger partial charge in [0.25, 0.3) is 5.91 Å². The number of amides is 1.